The van der Waals surface area contributed by atoms with E-state index in [1.807, 2.05) is 93.6 Å². The van der Waals surface area contributed by atoms with E-state index in [0.29, 0.717) is 25.3 Å². The van der Waals surface area contributed by atoms with Gasteiger partial charge in [-0.25, -0.2) is 0 Å². The van der Waals surface area contributed by atoms with E-state index >= 15 is 0 Å². The van der Waals surface area contributed by atoms with Gasteiger partial charge in [0.25, 0.3) is 5.91 Å². The van der Waals surface area contributed by atoms with Crippen molar-refractivity contribution in [2.24, 2.45) is 0 Å². The Balaban J connectivity index is 1.91. The molecule has 5 nitrogen and oxygen atoms in total. The fraction of sp³-hybridized carbons (Fsp3) is 0.355. The lowest BCUT2D eigenvalue weighted by atomic mass is 10.0. The second kappa shape index (κ2) is 13.5. The van der Waals surface area contributed by atoms with Crippen LogP contribution < -0.4 is 10.1 Å². The molecule has 3 rings (SSSR count). The van der Waals surface area contributed by atoms with Gasteiger partial charge >= 0.3 is 0 Å². The first-order valence-corrected chi connectivity index (χ1v) is 12.7. The third kappa shape index (κ3) is 7.70. The van der Waals surface area contributed by atoms with Crippen LogP contribution in [0.3, 0.4) is 0 Å². The van der Waals surface area contributed by atoms with Gasteiger partial charge in [0.15, 0.2) is 6.61 Å². The predicted octanol–water partition coefficient (Wildman–Crippen LogP) is 5.55. The number of benzene rings is 3. The van der Waals surface area contributed by atoms with Gasteiger partial charge in [0.05, 0.1) is 0 Å². The van der Waals surface area contributed by atoms with Crippen LogP contribution >= 0.6 is 0 Å². The molecular formula is C31H38N2O3. The topological polar surface area (TPSA) is 58.6 Å². The molecule has 3 aromatic rings. The Morgan fingerprint density at radius 1 is 0.917 bits per heavy atom. The summed E-state index contributed by atoms with van der Waals surface area (Å²) in [6.07, 6.45) is 2.31. The Bertz CT molecular complexity index is 1140. The van der Waals surface area contributed by atoms with Crippen molar-refractivity contribution in [1.82, 2.24) is 10.2 Å². The predicted molar refractivity (Wildman–Crippen MR) is 145 cm³/mol. The first kappa shape index (κ1) is 27.0. The SMILES string of the molecule is CCCCNC(=O)[C@H](Cc1ccccc1)N(Cc1ccccc1C)C(=O)COc1cc(C)ccc1C. The Kier molecular flexibility index (Phi) is 10.1. The van der Waals surface area contributed by atoms with Crippen molar-refractivity contribution < 1.29 is 14.3 Å². The summed E-state index contributed by atoms with van der Waals surface area (Å²) in [6.45, 7) is 8.86. The molecule has 0 saturated carbocycles. The van der Waals surface area contributed by atoms with Gasteiger partial charge in [0, 0.05) is 19.5 Å². The molecule has 2 amide bonds. The maximum atomic E-state index is 13.7. The van der Waals surface area contributed by atoms with E-state index in [1.165, 1.54) is 0 Å². The van der Waals surface area contributed by atoms with Crippen LogP contribution in [0, 0.1) is 20.8 Å². The van der Waals surface area contributed by atoms with Crippen LogP contribution in [-0.2, 0) is 22.6 Å². The molecule has 0 radical (unpaired) electrons. The second-order valence-electron chi connectivity index (χ2n) is 9.36. The molecule has 0 bridgehead atoms. The summed E-state index contributed by atoms with van der Waals surface area (Å²) in [6, 6.07) is 23.1. The van der Waals surface area contributed by atoms with Gasteiger partial charge in [-0.15, -0.1) is 0 Å². The lowest BCUT2D eigenvalue weighted by Gasteiger charge is -2.32. The summed E-state index contributed by atoms with van der Waals surface area (Å²) in [5.41, 5.74) is 5.13. The van der Waals surface area contributed by atoms with Crippen LogP contribution in [0.4, 0.5) is 0 Å². The number of carbonyl (C=O) groups is 2. The first-order chi connectivity index (χ1) is 17.4. The monoisotopic (exact) mass is 486 g/mol. The summed E-state index contributed by atoms with van der Waals surface area (Å²) in [5, 5.41) is 3.06. The molecule has 0 aliphatic rings. The third-order valence-corrected chi connectivity index (χ3v) is 6.40. The Labute approximate surface area is 215 Å². The van der Waals surface area contributed by atoms with Gasteiger partial charge in [0.2, 0.25) is 5.91 Å². The summed E-state index contributed by atoms with van der Waals surface area (Å²) in [5.74, 6) is 0.331. The number of hydrogen-bond acceptors (Lipinski definition) is 3. The third-order valence-electron chi connectivity index (χ3n) is 6.40. The second-order valence-corrected chi connectivity index (χ2v) is 9.36. The molecule has 0 fully saturated rings. The fourth-order valence-electron chi connectivity index (χ4n) is 4.12. The average molecular weight is 487 g/mol. The number of unbranched alkanes of at least 4 members (excludes halogenated alkanes) is 1. The Hall–Kier alpha value is -3.60. The smallest absolute Gasteiger partial charge is 0.261 e. The summed E-state index contributed by atoms with van der Waals surface area (Å²) < 4.78 is 5.98. The van der Waals surface area contributed by atoms with Crippen molar-refractivity contribution >= 4 is 11.8 Å². The maximum Gasteiger partial charge on any atom is 0.261 e. The highest BCUT2D eigenvalue weighted by Gasteiger charge is 2.31. The van der Waals surface area contributed by atoms with Gasteiger partial charge in [-0.3, -0.25) is 9.59 Å². The fourth-order valence-corrected chi connectivity index (χ4v) is 4.12. The van der Waals surface area contributed by atoms with Crippen LogP contribution in [0.5, 0.6) is 5.75 Å². The molecule has 0 saturated heterocycles. The molecule has 190 valence electrons. The largest absolute Gasteiger partial charge is 0.483 e. The highest BCUT2D eigenvalue weighted by Crippen LogP contribution is 2.21. The van der Waals surface area contributed by atoms with Crippen molar-refractivity contribution in [3.63, 3.8) is 0 Å². The number of nitrogens with zero attached hydrogens (tertiary/aromatic N) is 1. The Morgan fingerprint density at radius 3 is 2.36 bits per heavy atom. The maximum absolute atomic E-state index is 13.7. The van der Waals surface area contributed by atoms with Crippen LogP contribution in [0.2, 0.25) is 0 Å². The van der Waals surface area contributed by atoms with Crippen molar-refractivity contribution in [2.75, 3.05) is 13.2 Å². The molecule has 1 N–H and O–H groups in total. The van der Waals surface area contributed by atoms with Crippen molar-refractivity contribution in [1.29, 1.82) is 0 Å². The molecule has 3 aromatic carbocycles. The highest BCUT2D eigenvalue weighted by atomic mass is 16.5. The van der Waals surface area contributed by atoms with Gasteiger partial charge in [-0.05, 0) is 61.1 Å². The molecular weight excluding hydrogens is 448 g/mol. The number of rotatable bonds is 12. The van der Waals surface area contributed by atoms with Crippen molar-refractivity contribution in [2.45, 2.75) is 59.5 Å². The van der Waals surface area contributed by atoms with E-state index < -0.39 is 6.04 Å². The van der Waals surface area contributed by atoms with E-state index in [1.54, 1.807) is 4.90 Å². The normalized spacial score (nSPS) is 11.6. The van der Waals surface area contributed by atoms with Crippen LogP contribution in [0.1, 0.15) is 47.6 Å². The molecule has 0 aliphatic heterocycles. The van der Waals surface area contributed by atoms with Crippen LogP contribution in [0.25, 0.3) is 0 Å². The van der Waals surface area contributed by atoms with Crippen LogP contribution in [-0.4, -0.2) is 35.9 Å². The minimum absolute atomic E-state index is 0.135. The van der Waals surface area contributed by atoms with Gasteiger partial charge in [0.1, 0.15) is 11.8 Å². The molecule has 0 aromatic heterocycles. The molecule has 0 aliphatic carbocycles. The van der Waals surface area contributed by atoms with Gasteiger partial charge in [-0.1, -0.05) is 80.1 Å². The zero-order valence-corrected chi connectivity index (χ0v) is 21.9. The molecule has 0 heterocycles. The number of aryl methyl sites for hydroxylation is 3. The van der Waals surface area contributed by atoms with E-state index in [4.69, 9.17) is 4.74 Å². The lowest BCUT2D eigenvalue weighted by Crippen LogP contribution is -2.52. The van der Waals surface area contributed by atoms with Gasteiger partial charge < -0.3 is 15.0 Å². The number of amides is 2. The highest BCUT2D eigenvalue weighted by molar-refractivity contribution is 5.88. The van der Waals surface area contributed by atoms with Crippen LogP contribution in [0.15, 0.2) is 72.8 Å². The molecule has 0 unspecified atom stereocenters. The number of nitrogens with one attached hydrogen (secondary N) is 1. The summed E-state index contributed by atoms with van der Waals surface area (Å²) in [4.78, 5) is 28.9. The zero-order valence-electron chi connectivity index (χ0n) is 21.9. The Morgan fingerprint density at radius 2 is 1.64 bits per heavy atom. The summed E-state index contributed by atoms with van der Waals surface area (Å²) >= 11 is 0. The van der Waals surface area contributed by atoms with Crippen molar-refractivity contribution in [3.05, 3.63) is 101 Å². The minimum atomic E-state index is -0.654. The number of hydrogen-bond donors (Lipinski definition) is 1. The molecule has 36 heavy (non-hydrogen) atoms. The zero-order chi connectivity index (χ0) is 25.9. The quantitative estimate of drug-likeness (QED) is 0.342. The molecule has 5 heteroatoms. The standard InChI is InChI=1S/C31H38N2O3/c1-5-6-18-32-31(35)28(20-26-13-8-7-9-14-26)33(21-27-15-11-10-12-24(27)3)30(34)22-36-29-19-23(2)16-17-25(29)4/h7-17,19,28H,5-6,18,20-22H2,1-4H3,(H,32,35)/t28-/m0/s1. The lowest BCUT2D eigenvalue weighted by molar-refractivity contribution is -0.142. The first-order valence-electron chi connectivity index (χ1n) is 12.7. The van der Waals surface area contributed by atoms with Gasteiger partial charge in [-0.2, -0.15) is 0 Å². The average Bonchev–Trinajstić information content (AvgIpc) is 2.88. The van der Waals surface area contributed by atoms with E-state index in [2.05, 4.69) is 12.2 Å². The minimum Gasteiger partial charge on any atom is -0.483 e. The van der Waals surface area contributed by atoms with E-state index in [0.717, 1.165) is 40.7 Å². The van der Waals surface area contributed by atoms with E-state index in [9.17, 15) is 9.59 Å². The van der Waals surface area contributed by atoms with E-state index in [-0.39, 0.29) is 18.4 Å². The van der Waals surface area contributed by atoms with Crippen molar-refractivity contribution in [3.8, 4) is 5.75 Å². The molecule has 0 spiro atoms. The number of ether oxygens (including phenoxy) is 1. The number of carbonyl (C=O) groups excluding carboxylic acids is 2. The summed E-state index contributed by atoms with van der Waals surface area (Å²) in [7, 11) is 0. The molecule has 1 atom stereocenters.